The first kappa shape index (κ1) is 15.2. The predicted molar refractivity (Wildman–Crippen MR) is 66.7 cm³/mol. The first-order chi connectivity index (χ1) is 7.89. The fourth-order valence-corrected chi connectivity index (χ4v) is 3.96. The highest BCUT2D eigenvalue weighted by Gasteiger charge is 2.33. The Kier molecular flexibility index (Phi) is 5.66. The Labute approximate surface area is 108 Å². The number of nitrogens with zero attached hydrogens (tertiary/aromatic N) is 1. The molecule has 1 N–H and O–H groups in total. The molecule has 0 aromatic heterocycles. The summed E-state index contributed by atoms with van der Waals surface area (Å²) in [4.78, 5) is 0. The molecule has 0 aromatic rings. The van der Waals surface area contributed by atoms with Crippen molar-refractivity contribution in [2.75, 3.05) is 31.3 Å². The SMILES string of the molecule is CC(CCl)CS(=O)(=O)N1CC(C)OC(CO)C1. The average molecular weight is 286 g/mol. The fraction of sp³-hybridized carbons (Fsp3) is 1.00. The van der Waals surface area contributed by atoms with E-state index in [1.54, 1.807) is 13.8 Å². The van der Waals surface area contributed by atoms with Crippen LogP contribution in [0.3, 0.4) is 0 Å². The van der Waals surface area contributed by atoms with Crippen LogP contribution in [-0.4, -0.2) is 61.4 Å². The van der Waals surface area contributed by atoms with Gasteiger partial charge < -0.3 is 9.84 Å². The Morgan fingerprint density at radius 3 is 2.71 bits per heavy atom. The lowest BCUT2D eigenvalue weighted by atomic mass is 10.2. The van der Waals surface area contributed by atoms with E-state index in [2.05, 4.69) is 0 Å². The van der Waals surface area contributed by atoms with Crippen LogP contribution >= 0.6 is 11.6 Å². The van der Waals surface area contributed by atoms with Crippen LogP contribution < -0.4 is 0 Å². The molecule has 5 nitrogen and oxygen atoms in total. The summed E-state index contributed by atoms with van der Waals surface area (Å²) in [5.41, 5.74) is 0. The number of sulfonamides is 1. The molecular weight excluding hydrogens is 266 g/mol. The predicted octanol–water partition coefficient (Wildman–Crippen LogP) is 0.273. The number of aliphatic hydroxyl groups excluding tert-OH is 1. The van der Waals surface area contributed by atoms with Crippen LogP contribution in [0, 0.1) is 5.92 Å². The minimum atomic E-state index is -3.31. The lowest BCUT2D eigenvalue weighted by Gasteiger charge is -2.35. The van der Waals surface area contributed by atoms with Crippen LogP contribution in [0.5, 0.6) is 0 Å². The number of halogens is 1. The van der Waals surface area contributed by atoms with Crippen molar-refractivity contribution < 1.29 is 18.3 Å². The number of hydrogen-bond acceptors (Lipinski definition) is 4. The van der Waals surface area contributed by atoms with E-state index in [0.717, 1.165) is 0 Å². The van der Waals surface area contributed by atoms with Gasteiger partial charge in [-0.05, 0) is 12.8 Å². The van der Waals surface area contributed by atoms with Gasteiger partial charge in [0.05, 0.1) is 24.6 Å². The molecule has 0 aromatic carbocycles. The van der Waals surface area contributed by atoms with E-state index in [-0.39, 0.29) is 30.9 Å². The Morgan fingerprint density at radius 1 is 1.53 bits per heavy atom. The number of aliphatic hydroxyl groups is 1. The van der Waals surface area contributed by atoms with Gasteiger partial charge in [-0.2, -0.15) is 4.31 Å². The molecule has 0 aliphatic carbocycles. The van der Waals surface area contributed by atoms with E-state index in [4.69, 9.17) is 21.4 Å². The Balaban J connectivity index is 2.70. The van der Waals surface area contributed by atoms with Gasteiger partial charge in [0.25, 0.3) is 0 Å². The fourth-order valence-electron chi connectivity index (χ4n) is 1.84. The van der Waals surface area contributed by atoms with Crippen LogP contribution in [0.2, 0.25) is 0 Å². The van der Waals surface area contributed by atoms with Crippen molar-refractivity contribution in [2.45, 2.75) is 26.1 Å². The number of alkyl halides is 1. The Hall–Kier alpha value is 0.120. The summed E-state index contributed by atoms with van der Waals surface area (Å²) in [7, 11) is -3.31. The molecule has 3 unspecified atom stereocenters. The van der Waals surface area contributed by atoms with Crippen molar-refractivity contribution in [3.05, 3.63) is 0 Å². The van der Waals surface area contributed by atoms with Gasteiger partial charge in [0.15, 0.2) is 0 Å². The second-order valence-electron chi connectivity index (χ2n) is 4.61. The first-order valence-electron chi connectivity index (χ1n) is 5.69. The van der Waals surface area contributed by atoms with Gasteiger partial charge in [-0.1, -0.05) is 6.92 Å². The number of rotatable bonds is 5. The van der Waals surface area contributed by atoms with Crippen molar-refractivity contribution in [3.8, 4) is 0 Å². The average Bonchev–Trinajstić information content (AvgIpc) is 2.27. The summed E-state index contributed by atoms with van der Waals surface area (Å²) in [6.45, 7) is 4.00. The van der Waals surface area contributed by atoms with Gasteiger partial charge in [0.2, 0.25) is 10.0 Å². The molecule has 1 heterocycles. The highest BCUT2D eigenvalue weighted by Crippen LogP contribution is 2.17. The van der Waals surface area contributed by atoms with Gasteiger partial charge in [-0.25, -0.2) is 8.42 Å². The Morgan fingerprint density at radius 2 is 2.18 bits per heavy atom. The largest absolute Gasteiger partial charge is 0.394 e. The van der Waals surface area contributed by atoms with E-state index in [1.165, 1.54) is 4.31 Å². The Bertz CT molecular complexity index is 335. The maximum Gasteiger partial charge on any atom is 0.214 e. The summed E-state index contributed by atoms with van der Waals surface area (Å²) >= 11 is 5.63. The van der Waals surface area contributed by atoms with Gasteiger partial charge >= 0.3 is 0 Å². The third-order valence-electron chi connectivity index (χ3n) is 2.65. The zero-order chi connectivity index (χ0) is 13.1. The highest BCUT2D eigenvalue weighted by atomic mass is 35.5. The third kappa shape index (κ3) is 4.37. The summed E-state index contributed by atoms with van der Waals surface area (Å²) in [5, 5.41) is 9.05. The summed E-state index contributed by atoms with van der Waals surface area (Å²) in [5.74, 6) is 0.289. The van der Waals surface area contributed by atoms with Crippen LogP contribution in [0.15, 0.2) is 0 Å². The van der Waals surface area contributed by atoms with Crippen molar-refractivity contribution in [2.24, 2.45) is 5.92 Å². The zero-order valence-electron chi connectivity index (χ0n) is 10.2. The van der Waals surface area contributed by atoms with Gasteiger partial charge in [-0.3, -0.25) is 0 Å². The molecule has 17 heavy (non-hydrogen) atoms. The van der Waals surface area contributed by atoms with Crippen molar-refractivity contribution in [1.29, 1.82) is 0 Å². The lowest BCUT2D eigenvalue weighted by Crippen LogP contribution is -2.51. The lowest BCUT2D eigenvalue weighted by molar-refractivity contribution is -0.0750. The minimum absolute atomic E-state index is 0.0430. The molecule has 3 atom stereocenters. The maximum atomic E-state index is 12.1. The summed E-state index contributed by atoms with van der Waals surface area (Å²) < 4.78 is 31.0. The topological polar surface area (TPSA) is 66.8 Å². The van der Waals surface area contributed by atoms with E-state index in [1.807, 2.05) is 0 Å². The first-order valence-corrected chi connectivity index (χ1v) is 7.83. The molecule has 0 spiro atoms. The van der Waals surface area contributed by atoms with E-state index in [0.29, 0.717) is 12.4 Å². The molecule has 0 bridgehead atoms. The second kappa shape index (κ2) is 6.33. The molecular formula is C10H20ClNO4S. The molecule has 1 aliphatic rings. The highest BCUT2D eigenvalue weighted by molar-refractivity contribution is 7.89. The standard InChI is InChI=1S/C10H20ClNO4S/c1-8(3-11)7-17(14,15)12-4-9(2)16-10(5-12)6-13/h8-10,13H,3-7H2,1-2H3. The summed E-state index contributed by atoms with van der Waals surface area (Å²) in [6.07, 6.45) is -0.623. The van der Waals surface area contributed by atoms with Crippen molar-refractivity contribution in [3.63, 3.8) is 0 Å². The van der Waals surface area contributed by atoms with Crippen LogP contribution in [0.1, 0.15) is 13.8 Å². The normalized spacial score (nSPS) is 29.2. The molecule has 1 aliphatic heterocycles. The van der Waals surface area contributed by atoms with Gasteiger partial charge in [0, 0.05) is 19.0 Å². The van der Waals surface area contributed by atoms with Crippen LogP contribution in [0.4, 0.5) is 0 Å². The molecule has 1 fully saturated rings. The van der Waals surface area contributed by atoms with E-state index >= 15 is 0 Å². The molecule has 1 rings (SSSR count). The molecule has 102 valence electrons. The summed E-state index contributed by atoms with van der Waals surface area (Å²) in [6, 6.07) is 0. The van der Waals surface area contributed by atoms with E-state index < -0.39 is 16.1 Å². The number of morpholine rings is 1. The molecule has 0 saturated carbocycles. The van der Waals surface area contributed by atoms with Gasteiger partial charge in [0.1, 0.15) is 0 Å². The number of hydrogen-bond donors (Lipinski definition) is 1. The third-order valence-corrected chi connectivity index (χ3v) is 5.25. The molecule has 7 heteroatoms. The second-order valence-corrected chi connectivity index (χ2v) is 6.93. The van der Waals surface area contributed by atoms with Crippen LogP contribution in [-0.2, 0) is 14.8 Å². The maximum absolute atomic E-state index is 12.1. The smallest absolute Gasteiger partial charge is 0.214 e. The molecule has 0 radical (unpaired) electrons. The molecule has 1 saturated heterocycles. The van der Waals surface area contributed by atoms with Crippen molar-refractivity contribution >= 4 is 21.6 Å². The molecule has 0 amide bonds. The minimum Gasteiger partial charge on any atom is -0.394 e. The monoisotopic (exact) mass is 285 g/mol. The van der Waals surface area contributed by atoms with Gasteiger partial charge in [-0.15, -0.1) is 11.6 Å². The van der Waals surface area contributed by atoms with Crippen molar-refractivity contribution in [1.82, 2.24) is 4.31 Å². The van der Waals surface area contributed by atoms with E-state index in [9.17, 15) is 8.42 Å². The van der Waals surface area contributed by atoms with Crippen LogP contribution in [0.25, 0.3) is 0 Å². The quantitative estimate of drug-likeness (QED) is 0.737. The zero-order valence-corrected chi connectivity index (χ0v) is 11.7. The number of ether oxygens (including phenoxy) is 1.